The number of hydrogen-bond acceptors (Lipinski definition) is 4. The van der Waals surface area contributed by atoms with Gasteiger partial charge in [-0.15, -0.1) is 0 Å². The van der Waals surface area contributed by atoms with Crippen molar-refractivity contribution in [3.8, 4) is 0 Å². The lowest BCUT2D eigenvalue weighted by Gasteiger charge is -2.32. The summed E-state index contributed by atoms with van der Waals surface area (Å²) < 4.78 is 42.2. The molecule has 0 fully saturated rings. The summed E-state index contributed by atoms with van der Waals surface area (Å²) in [6.45, 7) is 9.17. The molecule has 1 atom stereocenters. The van der Waals surface area contributed by atoms with E-state index in [9.17, 15) is 22.4 Å². The van der Waals surface area contributed by atoms with E-state index in [2.05, 4.69) is 5.32 Å². The molecule has 0 aliphatic carbocycles. The fraction of sp³-hybridized carbons (Fsp3) is 0.333. The highest BCUT2D eigenvalue weighted by molar-refractivity contribution is 7.92. The third kappa shape index (κ3) is 7.89. The number of halogens is 1. The van der Waals surface area contributed by atoms with E-state index < -0.39 is 34.3 Å². The van der Waals surface area contributed by atoms with Crippen molar-refractivity contribution < 1.29 is 22.4 Å². The van der Waals surface area contributed by atoms with Gasteiger partial charge in [0, 0.05) is 13.1 Å². The van der Waals surface area contributed by atoms with Crippen LogP contribution in [0, 0.1) is 25.6 Å². The average molecular weight is 554 g/mol. The molecule has 1 N–H and O–H groups in total. The molecule has 0 aromatic heterocycles. The summed E-state index contributed by atoms with van der Waals surface area (Å²) in [6.07, 6.45) is 0. The molecule has 0 saturated heterocycles. The van der Waals surface area contributed by atoms with Gasteiger partial charge in [-0.05, 0) is 68.7 Å². The van der Waals surface area contributed by atoms with E-state index in [-0.39, 0.29) is 23.3 Å². The van der Waals surface area contributed by atoms with E-state index in [0.29, 0.717) is 17.8 Å². The van der Waals surface area contributed by atoms with Crippen LogP contribution in [0.25, 0.3) is 0 Å². The van der Waals surface area contributed by atoms with Crippen molar-refractivity contribution in [2.75, 3.05) is 17.4 Å². The Kier molecular flexibility index (Phi) is 9.86. The van der Waals surface area contributed by atoms with Crippen LogP contribution >= 0.6 is 0 Å². The molecule has 9 heteroatoms. The third-order valence-electron chi connectivity index (χ3n) is 6.33. The van der Waals surface area contributed by atoms with Crippen molar-refractivity contribution in [3.05, 3.63) is 95.3 Å². The smallest absolute Gasteiger partial charge is 0.264 e. The Morgan fingerprint density at radius 3 is 1.92 bits per heavy atom. The Morgan fingerprint density at radius 2 is 1.38 bits per heavy atom. The largest absolute Gasteiger partial charge is 0.354 e. The highest BCUT2D eigenvalue weighted by atomic mass is 32.2. The molecule has 0 aliphatic rings. The number of carbonyl (C=O) groups excluding carboxylic acids is 2. The summed E-state index contributed by atoms with van der Waals surface area (Å²) in [6, 6.07) is 18.0. The average Bonchev–Trinajstić information content (AvgIpc) is 2.90. The molecule has 0 spiro atoms. The van der Waals surface area contributed by atoms with Crippen LogP contribution in [0.15, 0.2) is 77.7 Å². The molecule has 3 aromatic rings. The van der Waals surface area contributed by atoms with Gasteiger partial charge in [-0.3, -0.25) is 13.9 Å². The second-order valence-corrected chi connectivity index (χ2v) is 12.0. The topological polar surface area (TPSA) is 86.8 Å². The Hall–Kier alpha value is -3.72. The van der Waals surface area contributed by atoms with Crippen LogP contribution in [0.5, 0.6) is 0 Å². The van der Waals surface area contributed by atoms with Crippen LogP contribution in [0.4, 0.5) is 10.1 Å². The number of aryl methyl sites for hydroxylation is 2. The van der Waals surface area contributed by atoms with E-state index in [1.54, 1.807) is 43.3 Å². The number of nitrogens with zero attached hydrogens (tertiary/aromatic N) is 2. The van der Waals surface area contributed by atoms with E-state index >= 15 is 0 Å². The zero-order valence-electron chi connectivity index (χ0n) is 23.0. The van der Waals surface area contributed by atoms with Gasteiger partial charge >= 0.3 is 0 Å². The number of nitrogens with one attached hydrogen (secondary N) is 1. The zero-order valence-corrected chi connectivity index (χ0v) is 23.8. The maximum Gasteiger partial charge on any atom is 0.264 e. The third-order valence-corrected chi connectivity index (χ3v) is 8.12. The highest BCUT2D eigenvalue weighted by Crippen LogP contribution is 2.25. The molecule has 0 radical (unpaired) electrons. The van der Waals surface area contributed by atoms with Gasteiger partial charge in [0.1, 0.15) is 18.4 Å². The number of sulfonamides is 1. The van der Waals surface area contributed by atoms with E-state index in [0.717, 1.165) is 15.4 Å². The van der Waals surface area contributed by atoms with Gasteiger partial charge in [-0.1, -0.05) is 61.4 Å². The van der Waals surface area contributed by atoms with Crippen molar-refractivity contribution in [1.82, 2.24) is 10.2 Å². The summed E-state index contributed by atoms with van der Waals surface area (Å²) in [5.74, 6) is -1.14. The molecule has 0 aliphatic heterocycles. The van der Waals surface area contributed by atoms with Gasteiger partial charge in [0.25, 0.3) is 10.0 Å². The molecule has 0 saturated carbocycles. The number of anilines is 1. The van der Waals surface area contributed by atoms with Crippen LogP contribution in [-0.4, -0.2) is 44.3 Å². The van der Waals surface area contributed by atoms with Crippen LogP contribution < -0.4 is 9.62 Å². The summed E-state index contributed by atoms with van der Waals surface area (Å²) >= 11 is 0. The van der Waals surface area contributed by atoms with E-state index in [4.69, 9.17) is 0 Å². The molecule has 7 nitrogen and oxygen atoms in total. The van der Waals surface area contributed by atoms with E-state index in [1.807, 2.05) is 27.7 Å². The van der Waals surface area contributed by atoms with Gasteiger partial charge in [-0.2, -0.15) is 0 Å². The first kappa shape index (κ1) is 29.8. The Balaban J connectivity index is 2.00. The maximum absolute atomic E-state index is 13.8. The number of carbonyl (C=O) groups is 2. The quantitative estimate of drug-likeness (QED) is 0.369. The standard InChI is InChI=1S/C30H36FN3O4S/c1-21(2)18-32-30(36)24(5)33(19-25-10-12-26(31)13-11-25)29(35)20-34(27-14-6-22(3)7-15-27)39(37,38)28-16-8-23(4)9-17-28/h6-17,21,24H,18-20H2,1-5H3,(H,32,36)/t24-/m0/s1. The fourth-order valence-corrected chi connectivity index (χ4v) is 5.31. The summed E-state index contributed by atoms with van der Waals surface area (Å²) in [7, 11) is -4.12. The second kappa shape index (κ2) is 12.9. The van der Waals surface area contributed by atoms with Crippen molar-refractivity contribution >= 4 is 27.5 Å². The zero-order chi connectivity index (χ0) is 28.7. The van der Waals surface area contributed by atoms with Crippen molar-refractivity contribution in [3.63, 3.8) is 0 Å². The molecular formula is C30H36FN3O4S. The van der Waals surface area contributed by atoms with Crippen molar-refractivity contribution in [2.45, 2.75) is 52.1 Å². The Morgan fingerprint density at radius 1 is 0.846 bits per heavy atom. The van der Waals surface area contributed by atoms with Gasteiger partial charge in [-0.25, -0.2) is 12.8 Å². The van der Waals surface area contributed by atoms with Crippen LogP contribution in [0.2, 0.25) is 0 Å². The lowest BCUT2D eigenvalue weighted by atomic mass is 10.1. The summed E-state index contributed by atoms with van der Waals surface area (Å²) in [5.41, 5.74) is 2.77. The van der Waals surface area contributed by atoms with Crippen molar-refractivity contribution in [1.29, 1.82) is 0 Å². The monoisotopic (exact) mass is 553 g/mol. The fourth-order valence-electron chi connectivity index (χ4n) is 3.90. The molecular weight excluding hydrogens is 517 g/mol. The molecule has 0 heterocycles. The normalized spacial score (nSPS) is 12.2. The number of hydrogen-bond donors (Lipinski definition) is 1. The lowest BCUT2D eigenvalue weighted by molar-refractivity contribution is -0.139. The van der Waals surface area contributed by atoms with Crippen molar-refractivity contribution in [2.24, 2.45) is 5.92 Å². The van der Waals surface area contributed by atoms with Crippen LogP contribution in [-0.2, 0) is 26.2 Å². The van der Waals surface area contributed by atoms with E-state index in [1.165, 1.54) is 41.3 Å². The number of rotatable bonds is 11. The minimum Gasteiger partial charge on any atom is -0.354 e. The first-order valence-corrected chi connectivity index (χ1v) is 14.3. The predicted octanol–water partition coefficient (Wildman–Crippen LogP) is 4.83. The maximum atomic E-state index is 13.8. The second-order valence-electron chi connectivity index (χ2n) is 10.1. The highest BCUT2D eigenvalue weighted by Gasteiger charge is 2.32. The minimum atomic E-state index is -4.12. The Labute approximate surface area is 230 Å². The SMILES string of the molecule is Cc1ccc(N(CC(=O)N(Cc2ccc(F)cc2)[C@@H](C)C(=O)NCC(C)C)S(=O)(=O)c2ccc(C)cc2)cc1. The molecule has 3 rings (SSSR count). The van der Waals surface area contributed by atoms with Gasteiger partial charge in [0.15, 0.2) is 0 Å². The van der Waals surface area contributed by atoms with Gasteiger partial charge in [0.2, 0.25) is 11.8 Å². The lowest BCUT2D eigenvalue weighted by Crippen LogP contribution is -2.51. The molecule has 3 aromatic carbocycles. The number of benzene rings is 3. The van der Waals surface area contributed by atoms with Crippen LogP contribution in [0.1, 0.15) is 37.5 Å². The summed E-state index contributed by atoms with van der Waals surface area (Å²) in [4.78, 5) is 28.2. The minimum absolute atomic E-state index is 0.00168. The molecule has 208 valence electrons. The first-order valence-electron chi connectivity index (χ1n) is 12.9. The first-order chi connectivity index (χ1) is 18.4. The number of amides is 2. The predicted molar refractivity (Wildman–Crippen MR) is 151 cm³/mol. The molecule has 0 unspecified atom stereocenters. The Bertz CT molecular complexity index is 1370. The van der Waals surface area contributed by atoms with Gasteiger partial charge in [0.05, 0.1) is 10.6 Å². The van der Waals surface area contributed by atoms with Gasteiger partial charge < -0.3 is 10.2 Å². The van der Waals surface area contributed by atoms with Crippen LogP contribution in [0.3, 0.4) is 0 Å². The molecule has 0 bridgehead atoms. The molecule has 2 amide bonds. The molecule has 39 heavy (non-hydrogen) atoms. The summed E-state index contributed by atoms with van der Waals surface area (Å²) in [5, 5.41) is 2.84.